The van der Waals surface area contributed by atoms with E-state index in [1.54, 1.807) is 12.1 Å². The molecule has 9 heteroatoms. The molecule has 0 bridgehead atoms. The van der Waals surface area contributed by atoms with Crippen LogP contribution in [0.25, 0.3) is 0 Å². The molecular weight excluding hydrogens is 336 g/mol. The first kappa shape index (κ1) is 17.4. The Balaban J connectivity index is 1.76. The van der Waals surface area contributed by atoms with Crippen LogP contribution in [0.2, 0.25) is 0 Å². The lowest BCUT2D eigenvalue weighted by Crippen LogP contribution is -2.13. The van der Waals surface area contributed by atoms with E-state index in [4.69, 9.17) is 0 Å². The van der Waals surface area contributed by atoms with Crippen LogP contribution in [0.4, 0.5) is 10.8 Å². The van der Waals surface area contributed by atoms with Crippen LogP contribution in [0.1, 0.15) is 30.3 Å². The third-order valence-corrected chi connectivity index (χ3v) is 4.97. The lowest BCUT2D eigenvalue weighted by Gasteiger charge is -2.02. The van der Waals surface area contributed by atoms with Gasteiger partial charge in [0.1, 0.15) is 5.01 Å². The standard InChI is InChI=1S/C14H16N4O3S2/c1-9(2)13-16-17-14(23-13)15-12(19)8-22-7-10-3-5-11(6-4-10)18(20)21/h3-6,9H,7-8H2,1-2H3,(H,15,17,19). The number of rotatable bonds is 7. The summed E-state index contributed by atoms with van der Waals surface area (Å²) >= 11 is 2.81. The third kappa shape index (κ3) is 5.29. The van der Waals surface area contributed by atoms with E-state index in [2.05, 4.69) is 15.5 Å². The Morgan fingerprint density at radius 3 is 2.61 bits per heavy atom. The van der Waals surface area contributed by atoms with E-state index < -0.39 is 4.92 Å². The van der Waals surface area contributed by atoms with Crippen molar-refractivity contribution in [1.29, 1.82) is 0 Å². The monoisotopic (exact) mass is 352 g/mol. The van der Waals surface area contributed by atoms with E-state index in [0.29, 0.717) is 10.9 Å². The predicted octanol–water partition coefficient (Wildman–Crippen LogP) is 3.44. The highest BCUT2D eigenvalue weighted by molar-refractivity contribution is 7.99. The molecule has 0 saturated carbocycles. The molecule has 122 valence electrons. The SMILES string of the molecule is CC(C)c1nnc(NC(=O)CSCc2ccc([N+](=O)[O-])cc2)s1. The van der Waals surface area contributed by atoms with Crippen LogP contribution < -0.4 is 5.32 Å². The van der Waals surface area contributed by atoms with Gasteiger partial charge in [-0.2, -0.15) is 0 Å². The number of hydrogen-bond donors (Lipinski definition) is 1. The van der Waals surface area contributed by atoms with Gasteiger partial charge in [0.25, 0.3) is 5.69 Å². The van der Waals surface area contributed by atoms with Crippen LogP contribution in [0.5, 0.6) is 0 Å². The molecular formula is C14H16N4O3S2. The maximum atomic E-state index is 11.8. The molecule has 0 aliphatic heterocycles. The number of nitrogens with zero attached hydrogens (tertiary/aromatic N) is 3. The molecule has 1 aromatic carbocycles. The van der Waals surface area contributed by atoms with Crippen molar-refractivity contribution >= 4 is 39.8 Å². The average molecular weight is 352 g/mol. The number of carbonyl (C=O) groups is 1. The van der Waals surface area contributed by atoms with Crippen molar-refractivity contribution in [2.24, 2.45) is 0 Å². The number of non-ortho nitro benzene ring substituents is 1. The molecule has 2 aromatic rings. The number of nitrogens with one attached hydrogen (secondary N) is 1. The molecule has 7 nitrogen and oxygen atoms in total. The normalized spacial score (nSPS) is 10.7. The van der Waals surface area contributed by atoms with Crippen molar-refractivity contribution in [3.63, 3.8) is 0 Å². The van der Waals surface area contributed by atoms with E-state index in [0.717, 1.165) is 10.6 Å². The van der Waals surface area contributed by atoms with Gasteiger partial charge in [-0.1, -0.05) is 37.3 Å². The van der Waals surface area contributed by atoms with Crippen molar-refractivity contribution in [2.45, 2.75) is 25.5 Å². The summed E-state index contributed by atoms with van der Waals surface area (Å²) in [5, 5.41) is 22.6. The highest BCUT2D eigenvalue weighted by atomic mass is 32.2. The molecule has 1 amide bonds. The molecule has 0 aliphatic carbocycles. The summed E-state index contributed by atoms with van der Waals surface area (Å²) in [5.74, 6) is 1.05. The van der Waals surface area contributed by atoms with Crippen molar-refractivity contribution in [2.75, 3.05) is 11.1 Å². The van der Waals surface area contributed by atoms with Crippen molar-refractivity contribution in [1.82, 2.24) is 10.2 Å². The van der Waals surface area contributed by atoms with E-state index in [9.17, 15) is 14.9 Å². The molecule has 0 aliphatic rings. The molecule has 0 atom stereocenters. The van der Waals surface area contributed by atoms with Crippen LogP contribution in [0, 0.1) is 10.1 Å². The number of benzene rings is 1. The van der Waals surface area contributed by atoms with Gasteiger partial charge in [0.2, 0.25) is 11.0 Å². The van der Waals surface area contributed by atoms with E-state index in [1.165, 1.54) is 35.2 Å². The number of amides is 1. The van der Waals surface area contributed by atoms with E-state index >= 15 is 0 Å². The summed E-state index contributed by atoms with van der Waals surface area (Å²) in [5.41, 5.74) is 1.00. The summed E-state index contributed by atoms with van der Waals surface area (Å²) in [6.45, 7) is 4.04. The lowest BCUT2D eigenvalue weighted by molar-refractivity contribution is -0.384. The zero-order valence-corrected chi connectivity index (χ0v) is 14.3. The van der Waals surface area contributed by atoms with Gasteiger partial charge in [-0.25, -0.2) is 0 Å². The summed E-state index contributed by atoms with van der Waals surface area (Å²) in [6, 6.07) is 6.32. The highest BCUT2D eigenvalue weighted by Crippen LogP contribution is 2.22. The van der Waals surface area contributed by atoms with Gasteiger partial charge in [-0.15, -0.1) is 22.0 Å². The Bertz CT molecular complexity index is 686. The molecule has 1 aromatic heterocycles. The Hall–Kier alpha value is -2.00. The average Bonchev–Trinajstić information content (AvgIpc) is 2.96. The topological polar surface area (TPSA) is 98.0 Å². The zero-order valence-electron chi connectivity index (χ0n) is 12.7. The number of aromatic nitrogens is 2. The number of anilines is 1. The van der Waals surface area contributed by atoms with Gasteiger partial charge in [0.15, 0.2) is 0 Å². The zero-order chi connectivity index (χ0) is 16.8. The number of nitro groups is 1. The first-order valence-electron chi connectivity index (χ1n) is 6.90. The van der Waals surface area contributed by atoms with Crippen LogP contribution in [-0.4, -0.2) is 26.8 Å². The number of thioether (sulfide) groups is 1. The van der Waals surface area contributed by atoms with Gasteiger partial charge in [-0.3, -0.25) is 20.2 Å². The fraction of sp³-hybridized carbons (Fsp3) is 0.357. The molecule has 23 heavy (non-hydrogen) atoms. The van der Waals surface area contributed by atoms with Crippen LogP contribution >= 0.6 is 23.1 Å². The largest absolute Gasteiger partial charge is 0.300 e. The molecule has 1 heterocycles. The number of hydrogen-bond acceptors (Lipinski definition) is 7. The quantitative estimate of drug-likeness (QED) is 0.605. The highest BCUT2D eigenvalue weighted by Gasteiger charge is 2.10. The summed E-state index contributed by atoms with van der Waals surface area (Å²) in [6.07, 6.45) is 0. The van der Waals surface area contributed by atoms with Crippen molar-refractivity contribution in [3.8, 4) is 0 Å². The van der Waals surface area contributed by atoms with Crippen molar-refractivity contribution in [3.05, 3.63) is 45.0 Å². The fourth-order valence-corrected chi connectivity index (χ4v) is 3.20. The summed E-state index contributed by atoms with van der Waals surface area (Å²) in [4.78, 5) is 22.0. The second-order valence-electron chi connectivity index (χ2n) is 5.06. The van der Waals surface area contributed by atoms with Gasteiger partial charge in [0, 0.05) is 23.8 Å². The third-order valence-electron chi connectivity index (χ3n) is 2.83. The predicted molar refractivity (Wildman–Crippen MR) is 91.9 cm³/mol. The lowest BCUT2D eigenvalue weighted by atomic mass is 10.2. The van der Waals surface area contributed by atoms with Crippen molar-refractivity contribution < 1.29 is 9.72 Å². The molecule has 0 unspecified atom stereocenters. The van der Waals surface area contributed by atoms with Crippen LogP contribution in [-0.2, 0) is 10.5 Å². The second kappa shape index (κ2) is 8.02. The van der Waals surface area contributed by atoms with Gasteiger partial charge < -0.3 is 0 Å². The Morgan fingerprint density at radius 1 is 1.35 bits per heavy atom. The Kier molecular flexibility index (Phi) is 6.05. The first-order valence-corrected chi connectivity index (χ1v) is 8.87. The number of nitro benzene ring substituents is 1. The molecule has 0 saturated heterocycles. The maximum absolute atomic E-state index is 11.8. The minimum atomic E-state index is -0.433. The molecule has 0 fully saturated rings. The Labute approximate surface area is 141 Å². The maximum Gasteiger partial charge on any atom is 0.269 e. The smallest absolute Gasteiger partial charge is 0.269 e. The van der Waals surface area contributed by atoms with Gasteiger partial charge >= 0.3 is 0 Å². The van der Waals surface area contributed by atoms with E-state index in [-0.39, 0.29) is 23.3 Å². The van der Waals surface area contributed by atoms with Gasteiger partial charge in [-0.05, 0) is 5.56 Å². The summed E-state index contributed by atoms with van der Waals surface area (Å²) < 4.78 is 0. The molecule has 2 rings (SSSR count). The second-order valence-corrected chi connectivity index (χ2v) is 7.06. The van der Waals surface area contributed by atoms with Gasteiger partial charge in [0.05, 0.1) is 10.7 Å². The molecule has 1 N–H and O–H groups in total. The van der Waals surface area contributed by atoms with Crippen LogP contribution in [0.3, 0.4) is 0 Å². The fourth-order valence-electron chi connectivity index (χ4n) is 1.65. The minimum Gasteiger partial charge on any atom is -0.300 e. The van der Waals surface area contributed by atoms with Crippen LogP contribution in [0.15, 0.2) is 24.3 Å². The minimum absolute atomic E-state index is 0.0636. The summed E-state index contributed by atoms with van der Waals surface area (Å²) in [7, 11) is 0. The number of carbonyl (C=O) groups excluding carboxylic acids is 1. The molecule has 0 radical (unpaired) electrons. The van der Waals surface area contributed by atoms with E-state index in [1.807, 2.05) is 13.8 Å². The first-order chi connectivity index (χ1) is 11.0. The Morgan fingerprint density at radius 2 is 2.04 bits per heavy atom. The molecule has 0 spiro atoms.